The second kappa shape index (κ2) is 4.21. The predicted octanol–water partition coefficient (Wildman–Crippen LogP) is 5.79. The highest BCUT2D eigenvalue weighted by Crippen LogP contribution is 2.35. The quantitative estimate of drug-likeness (QED) is 0.377. The normalized spacial score (nSPS) is 11.2. The van der Waals surface area contributed by atoms with Gasteiger partial charge in [0.2, 0.25) is 0 Å². The van der Waals surface area contributed by atoms with E-state index in [-0.39, 0.29) is 0 Å². The third-order valence-electron chi connectivity index (χ3n) is 4.00. The lowest BCUT2D eigenvalue weighted by atomic mass is 9.93. The van der Waals surface area contributed by atoms with Crippen LogP contribution in [0.5, 0.6) is 0 Å². The second-order valence-corrected chi connectivity index (χ2v) is 5.10. The topological polar surface area (TPSA) is 0 Å². The summed E-state index contributed by atoms with van der Waals surface area (Å²) in [7, 11) is 0. The molecule has 0 aliphatic heterocycles. The van der Waals surface area contributed by atoms with E-state index in [0.717, 1.165) is 5.56 Å². The summed E-state index contributed by atoms with van der Waals surface area (Å²) in [5, 5.41) is 7.88. The van der Waals surface area contributed by atoms with Crippen molar-refractivity contribution in [3.05, 3.63) is 78.9 Å². The van der Waals surface area contributed by atoms with Gasteiger partial charge >= 0.3 is 0 Å². The first-order chi connectivity index (χ1) is 9.88. The molecular formula is C20H14. The molecule has 4 aromatic carbocycles. The van der Waals surface area contributed by atoms with Gasteiger partial charge in [-0.1, -0.05) is 73.3 Å². The minimum absolute atomic E-state index is 1.16. The van der Waals surface area contributed by atoms with Crippen LogP contribution in [0.4, 0.5) is 0 Å². The minimum atomic E-state index is 1.16. The van der Waals surface area contributed by atoms with Crippen molar-refractivity contribution in [3.8, 4) is 0 Å². The van der Waals surface area contributed by atoms with Crippen molar-refractivity contribution in [1.29, 1.82) is 0 Å². The number of hydrogen-bond donors (Lipinski definition) is 0. The zero-order valence-corrected chi connectivity index (χ0v) is 11.1. The van der Waals surface area contributed by atoms with Crippen LogP contribution in [0, 0.1) is 0 Å². The molecule has 0 heteroatoms. The molecule has 4 aromatic rings. The molecule has 0 aliphatic carbocycles. The smallest absolute Gasteiger partial charge is 0.00930 e. The Morgan fingerprint density at radius 2 is 1.00 bits per heavy atom. The average molecular weight is 254 g/mol. The third kappa shape index (κ3) is 1.48. The van der Waals surface area contributed by atoms with Crippen molar-refractivity contribution < 1.29 is 0 Å². The molecule has 0 bridgehead atoms. The molecule has 0 atom stereocenters. The van der Waals surface area contributed by atoms with Crippen LogP contribution in [-0.4, -0.2) is 0 Å². The summed E-state index contributed by atoms with van der Waals surface area (Å²) in [6, 6.07) is 23.8. The largest absolute Gasteiger partial charge is 0.0985 e. The molecule has 0 saturated carbocycles. The van der Waals surface area contributed by atoms with Gasteiger partial charge in [0.05, 0.1) is 0 Å². The Kier molecular flexibility index (Phi) is 2.37. The fraction of sp³-hybridized carbons (Fsp3) is 0. The molecule has 0 fully saturated rings. The van der Waals surface area contributed by atoms with Gasteiger partial charge in [-0.2, -0.15) is 0 Å². The van der Waals surface area contributed by atoms with Crippen molar-refractivity contribution in [3.63, 3.8) is 0 Å². The molecule has 0 unspecified atom stereocenters. The van der Waals surface area contributed by atoms with Crippen LogP contribution in [0.2, 0.25) is 0 Å². The number of benzene rings is 4. The molecule has 94 valence electrons. The Balaban J connectivity index is 2.38. The van der Waals surface area contributed by atoms with E-state index < -0.39 is 0 Å². The summed E-state index contributed by atoms with van der Waals surface area (Å²) >= 11 is 0. The van der Waals surface area contributed by atoms with Gasteiger partial charge in [0.15, 0.2) is 0 Å². The van der Waals surface area contributed by atoms with Gasteiger partial charge in [0.1, 0.15) is 0 Å². The van der Waals surface area contributed by atoms with Crippen molar-refractivity contribution in [1.82, 2.24) is 0 Å². The van der Waals surface area contributed by atoms with Gasteiger partial charge in [-0.3, -0.25) is 0 Å². The first-order valence-corrected chi connectivity index (χ1v) is 6.84. The van der Waals surface area contributed by atoms with Crippen LogP contribution < -0.4 is 0 Å². The van der Waals surface area contributed by atoms with Crippen LogP contribution in [0.1, 0.15) is 5.56 Å². The standard InChI is InChI=1S/C20H14/c1-2-14-11-12-19-17-9-4-3-7-15(17)16-8-5-6-10-18(16)20(19)13-14/h2-13H,1H2. The summed E-state index contributed by atoms with van der Waals surface area (Å²) in [5.74, 6) is 0. The van der Waals surface area contributed by atoms with E-state index in [9.17, 15) is 0 Å². The SMILES string of the molecule is C=Cc1ccc2c3ccccc3c3ccccc3c2c1. The van der Waals surface area contributed by atoms with Gasteiger partial charge in [-0.15, -0.1) is 0 Å². The van der Waals surface area contributed by atoms with E-state index in [2.05, 4.69) is 73.3 Å². The second-order valence-electron chi connectivity index (χ2n) is 5.10. The first kappa shape index (κ1) is 11.2. The predicted molar refractivity (Wildman–Crippen MR) is 89.1 cm³/mol. The third-order valence-corrected chi connectivity index (χ3v) is 4.00. The number of fused-ring (bicyclic) bond motifs is 6. The van der Waals surface area contributed by atoms with Crippen LogP contribution in [0.25, 0.3) is 38.4 Å². The average Bonchev–Trinajstić information content (AvgIpc) is 2.54. The van der Waals surface area contributed by atoms with E-state index in [1.165, 1.54) is 32.3 Å². The van der Waals surface area contributed by atoms with Gasteiger partial charge < -0.3 is 0 Å². The zero-order chi connectivity index (χ0) is 13.5. The van der Waals surface area contributed by atoms with Crippen molar-refractivity contribution in [2.24, 2.45) is 0 Å². The summed E-state index contributed by atoms with van der Waals surface area (Å²) in [4.78, 5) is 0. The highest BCUT2D eigenvalue weighted by molar-refractivity contribution is 6.25. The highest BCUT2D eigenvalue weighted by atomic mass is 14.1. The van der Waals surface area contributed by atoms with Crippen LogP contribution >= 0.6 is 0 Å². The fourth-order valence-corrected chi connectivity index (χ4v) is 3.05. The molecular weight excluding hydrogens is 240 g/mol. The monoisotopic (exact) mass is 254 g/mol. The highest BCUT2D eigenvalue weighted by Gasteiger charge is 2.07. The summed E-state index contributed by atoms with van der Waals surface area (Å²) in [5.41, 5.74) is 1.16. The molecule has 0 aliphatic rings. The van der Waals surface area contributed by atoms with Crippen molar-refractivity contribution in [2.75, 3.05) is 0 Å². The first-order valence-electron chi connectivity index (χ1n) is 6.84. The molecule has 4 rings (SSSR count). The molecule has 0 spiro atoms. The Hall–Kier alpha value is -2.60. The van der Waals surface area contributed by atoms with Crippen molar-refractivity contribution in [2.45, 2.75) is 0 Å². The molecule has 0 saturated heterocycles. The fourth-order valence-electron chi connectivity index (χ4n) is 3.05. The molecule has 0 nitrogen and oxygen atoms in total. The Morgan fingerprint density at radius 1 is 0.550 bits per heavy atom. The Labute approximate surface area is 118 Å². The summed E-state index contributed by atoms with van der Waals surface area (Å²) in [6.45, 7) is 3.88. The lowest BCUT2D eigenvalue weighted by Crippen LogP contribution is -1.83. The maximum atomic E-state index is 3.88. The van der Waals surface area contributed by atoms with Gasteiger partial charge in [-0.05, 0) is 43.9 Å². The lowest BCUT2D eigenvalue weighted by Gasteiger charge is -2.10. The molecule has 0 heterocycles. The van der Waals surface area contributed by atoms with Gasteiger partial charge in [0, 0.05) is 0 Å². The molecule has 0 radical (unpaired) electrons. The summed E-state index contributed by atoms with van der Waals surface area (Å²) < 4.78 is 0. The Morgan fingerprint density at radius 3 is 1.50 bits per heavy atom. The van der Waals surface area contributed by atoms with E-state index in [1.54, 1.807) is 0 Å². The van der Waals surface area contributed by atoms with E-state index in [1.807, 2.05) is 6.08 Å². The van der Waals surface area contributed by atoms with E-state index >= 15 is 0 Å². The molecule has 0 aromatic heterocycles. The number of rotatable bonds is 1. The van der Waals surface area contributed by atoms with E-state index in [0.29, 0.717) is 0 Å². The van der Waals surface area contributed by atoms with Crippen LogP contribution in [-0.2, 0) is 0 Å². The maximum absolute atomic E-state index is 3.88. The van der Waals surface area contributed by atoms with Gasteiger partial charge in [-0.25, -0.2) is 0 Å². The lowest BCUT2D eigenvalue weighted by molar-refractivity contribution is 1.74. The Bertz CT molecular complexity index is 926. The maximum Gasteiger partial charge on any atom is -0.00930 e. The number of hydrogen-bond acceptors (Lipinski definition) is 0. The van der Waals surface area contributed by atoms with Crippen LogP contribution in [0.3, 0.4) is 0 Å². The molecule has 0 amide bonds. The van der Waals surface area contributed by atoms with Gasteiger partial charge in [0.25, 0.3) is 0 Å². The zero-order valence-electron chi connectivity index (χ0n) is 11.1. The van der Waals surface area contributed by atoms with Crippen LogP contribution in [0.15, 0.2) is 73.3 Å². The van der Waals surface area contributed by atoms with Crippen molar-refractivity contribution >= 4 is 38.4 Å². The summed E-state index contributed by atoms with van der Waals surface area (Å²) in [6.07, 6.45) is 1.91. The van der Waals surface area contributed by atoms with E-state index in [4.69, 9.17) is 0 Å². The molecule has 20 heavy (non-hydrogen) atoms. The minimum Gasteiger partial charge on any atom is -0.0985 e. The molecule has 0 N–H and O–H groups in total.